The van der Waals surface area contributed by atoms with E-state index in [1.165, 1.54) is 50.5 Å². The van der Waals surface area contributed by atoms with Crippen LogP contribution in [0.15, 0.2) is 24.3 Å². The summed E-state index contributed by atoms with van der Waals surface area (Å²) in [5.41, 5.74) is 1.34. The van der Waals surface area contributed by atoms with E-state index in [-0.39, 0.29) is 23.1 Å². The van der Waals surface area contributed by atoms with Crippen LogP contribution in [-0.2, 0) is 6.42 Å². The zero-order valence-corrected chi connectivity index (χ0v) is 15.4. The molecule has 0 amide bonds. The molecule has 0 saturated carbocycles. The topological polar surface area (TPSA) is 66.3 Å². The summed E-state index contributed by atoms with van der Waals surface area (Å²) in [6, 6.07) is 7.59. The minimum atomic E-state index is 0. The van der Waals surface area contributed by atoms with Gasteiger partial charge < -0.3 is 15.3 Å². The first-order valence-electron chi connectivity index (χ1n) is 7.42. The van der Waals surface area contributed by atoms with Gasteiger partial charge in [0.05, 0.1) is 0 Å². The molecule has 4 heteroatoms. The van der Waals surface area contributed by atoms with Crippen LogP contribution in [0.4, 0.5) is 0 Å². The van der Waals surface area contributed by atoms with Crippen molar-refractivity contribution in [3.05, 3.63) is 29.8 Å². The Morgan fingerprint density at radius 2 is 1.19 bits per heavy atom. The van der Waals surface area contributed by atoms with Gasteiger partial charge in [0.25, 0.3) is 0 Å². The molecule has 0 atom stereocenters. The van der Waals surface area contributed by atoms with E-state index in [0.29, 0.717) is 5.75 Å². The van der Waals surface area contributed by atoms with E-state index in [0.717, 1.165) is 20.6 Å². The van der Waals surface area contributed by atoms with Crippen molar-refractivity contribution in [1.82, 2.24) is 0 Å². The summed E-state index contributed by atoms with van der Waals surface area (Å²) in [4.78, 5) is 0. The number of rotatable bonds is 8. The predicted molar refractivity (Wildman–Crippen MR) is 87.4 cm³/mol. The third kappa shape index (κ3) is 17.7. The number of phenolic OH excluding ortho intramolecular Hbond substituents is 1. The van der Waals surface area contributed by atoms with Crippen molar-refractivity contribution < 1.29 is 15.3 Å². The number of unbranched alkanes of at least 4 members (excludes halogenated alkanes) is 6. The molecule has 0 fully saturated rings. The summed E-state index contributed by atoms with van der Waals surface area (Å²) < 4.78 is 0. The van der Waals surface area contributed by atoms with Gasteiger partial charge in [0, 0.05) is 0 Å². The molecule has 1 rings (SSSR count). The largest absolute Gasteiger partial charge is 2.00 e. The Balaban J connectivity index is -0.000000595. The molecule has 0 aliphatic carbocycles. The maximum atomic E-state index is 9.15. The van der Waals surface area contributed by atoms with Crippen molar-refractivity contribution in [3.8, 4) is 5.75 Å². The first kappa shape index (κ1) is 25.6. The molecule has 1 aromatic carbocycles. The molecule has 1 N–H and O–H groups in total. The summed E-state index contributed by atoms with van der Waals surface area (Å²) in [5, 5.41) is 25.6. The van der Waals surface area contributed by atoms with Gasteiger partial charge in [-0.15, -0.1) is 0 Å². The van der Waals surface area contributed by atoms with Crippen LogP contribution in [0.1, 0.15) is 57.4 Å². The summed E-state index contributed by atoms with van der Waals surface area (Å²) in [6.07, 6.45) is 10.6. The summed E-state index contributed by atoms with van der Waals surface area (Å²) in [6.45, 7) is 2.25. The van der Waals surface area contributed by atoms with Crippen LogP contribution in [0.3, 0.4) is 0 Å². The number of aryl methyl sites for hydroxylation is 1. The van der Waals surface area contributed by atoms with E-state index in [1.54, 1.807) is 12.1 Å². The van der Waals surface area contributed by atoms with Gasteiger partial charge in [-0.05, 0) is 30.5 Å². The van der Waals surface area contributed by atoms with Crippen LogP contribution in [0.25, 0.3) is 0 Å². The molecule has 118 valence electrons. The fraction of sp³-hybridized carbons (Fsp3) is 0.647. The number of hydrogen-bond donors (Lipinski definition) is 1. The third-order valence-electron chi connectivity index (χ3n) is 3.01. The molecule has 21 heavy (non-hydrogen) atoms. The maximum absolute atomic E-state index is 9.15. The Kier molecular flexibility index (Phi) is 26.9. The monoisotopic (exact) mass is 306 g/mol. The second kappa shape index (κ2) is 22.0. The van der Waals surface area contributed by atoms with Crippen molar-refractivity contribution in [2.75, 3.05) is 14.2 Å². The van der Waals surface area contributed by atoms with Crippen molar-refractivity contribution in [1.29, 1.82) is 0 Å². The molecule has 0 heterocycles. The van der Waals surface area contributed by atoms with Crippen LogP contribution in [-0.4, -0.2) is 42.4 Å². The molecular formula is C17H30MgO3. The molecule has 1 aromatic rings. The van der Waals surface area contributed by atoms with E-state index in [2.05, 4.69) is 6.92 Å². The van der Waals surface area contributed by atoms with Crippen LogP contribution in [0, 0.1) is 0 Å². The number of phenols is 1. The molecule has 0 spiro atoms. The first-order chi connectivity index (χ1) is 9.83. The van der Waals surface area contributed by atoms with E-state index in [1.807, 2.05) is 12.1 Å². The molecule has 0 unspecified atom stereocenters. The summed E-state index contributed by atoms with van der Waals surface area (Å²) >= 11 is 0. The average Bonchev–Trinajstić information content (AvgIpc) is 2.52. The zero-order valence-electron chi connectivity index (χ0n) is 13.9. The molecular weight excluding hydrogens is 276 g/mol. The van der Waals surface area contributed by atoms with Gasteiger partial charge in [0.1, 0.15) is 5.75 Å². The molecule has 0 radical (unpaired) electrons. The van der Waals surface area contributed by atoms with Gasteiger partial charge in [0.15, 0.2) is 0 Å². The molecule has 0 aliphatic heterocycles. The number of aromatic hydroxyl groups is 1. The SMILES string of the molecule is CCCCCCCCCc1ccc(O)cc1.C[O-].C[O-].[Mg+2]. The molecule has 0 saturated heterocycles. The molecule has 3 nitrogen and oxygen atoms in total. The number of benzene rings is 1. The maximum Gasteiger partial charge on any atom is 2.00 e. The standard InChI is InChI=1S/C15H24O.2CH3O.Mg/c1-2-3-4-5-6-7-8-9-14-10-12-15(16)13-11-14;2*1-2;/h10-13,16H,2-9H2,1H3;2*1H3;/q;2*-1;+2. The van der Waals surface area contributed by atoms with Crippen LogP contribution < -0.4 is 10.2 Å². The zero-order chi connectivity index (χ0) is 15.6. The van der Waals surface area contributed by atoms with Crippen LogP contribution in [0.2, 0.25) is 0 Å². The second-order valence-corrected chi connectivity index (χ2v) is 4.54. The molecule has 0 bridgehead atoms. The second-order valence-electron chi connectivity index (χ2n) is 4.54. The minimum absolute atomic E-state index is 0. The summed E-state index contributed by atoms with van der Waals surface area (Å²) in [5.74, 6) is 0.364. The van der Waals surface area contributed by atoms with E-state index in [4.69, 9.17) is 15.3 Å². The van der Waals surface area contributed by atoms with Crippen molar-refractivity contribution in [2.45, 2.75) is 58.3 Å². The third-order valence-corrected chi connectivity index (χ3v) is 3.01. The van der Waals surface area contributed by atoms with Gasteiger partial charge in [-0.25, -0.2) is 0 Å². The van der Waals surface area contributed by atoms with Crippen molar-refractivity contribution in [3.63, 3.8) is 0 Å². The van der Waals surface area contributed by atoms with Gasteiger partial charge >= 0.3 is 23.1 Å². The Hall–Kier alpha value is -0.294. The van der Waals surface area contributed by atoms with E-state index < -0.39 is 0 Å². The van der Waals surface area contributed by atoms with Crippen molar-refractivity contribution >= 4 is 23.1 Å². The average molecular weight is 307 g/mol. The Morgan fingerprint density at radius 3 is 1.67 bits per heavy atom. The fourth-order valence-electron chi connectivity index (χ4n) is 1.95. The molecule has 0 aliphatic rings. The Morgan fingerprint density at radius 1 is 0.762 bits per heavy atom. The normalized spacial score (nSPS) is 8.62. The number of hydrogen-bond acceptors (Lipinski definition) is 3. The van der Waals surface area contributed by atoms with Crippen molar-refractivity contribution in [2.24, 2.45) is 0 Å². The van der Waals surface area contributed by atoms with Gasteiger partial charge in [-0.1, -0.05) is 57.6 Å². The Bertz CT molecular complexity index is 276. The minimum Gasteiger partial charge on any atom is -0.857 e. The van der Waals surface area contributed by atoms with Gasteiger partial charge in [0.2, 0.25) is 0 Å². The molecule has 0 aromatic heterocycles. The van der Waals surface area contributed by atoms with Gasteiger partial charge in [-0.3, -0.25) is 0 Å². The van der Waals surface area contributed by atoms with Crippen LogP contribution in [0.5, 0.6) is 5.75 Å². The quantitative estimate of drug-likeness (QED) is 0.592. The Labute approximate surface area is 146 Å². The fourth-order valence-corrected chi connectivity index (χ4v) is 1.95. The van der Waals surface area contributed by atoms with Gasteiger partial charge in [-0.2, -0.15) is 14.2 Å². The predicted octanol–water partition coefficient (Wildman–Crippen LogP) is 2.26. The van der Waals surface area contributed by atoms with E-state index >= 15 is 0 Å². The van der Waals surface area contributed by atoms with Crippen LogP contribution >= 0.6 is 0 Å². The summed E-state index contributed by atoms with van der Waals surface area (Å²) in [7, 11) is 1.50. The smallest absolute Gasteiger partial charge is 0.857 e. The van der Waals surface area contributed by atoms with E-state index in [9.17, 15) is 0 Å². The first-order valence-corrected chi connectivity index (χ1v) is 7.42.